The molecule has 0 aliphatic carbocycles. The lowest BCUT2D eigenvalue weighted by atomic mass is 9.84. The molecule has 0 radical (unpaired) electrons. The van der Waals surface area contributed by atoms with Gasteiger partial charge < -0.3 is 4.90 Å². The Labute approximate surface area is 195 Å². The molecule has 6 rings (SSSR count). The van der Waals surface area contributed by atoms with Gasteiger partial charge in [0.05, 0.1) is 28.4 Å². The quantitative estimate of drug-likeness (QED) is 0.423. The number of thiophene rings is 1. The second-order valence-electron chi connectivity index (χ2n) is 8.91. The molecule has 6 heteroatoms. The van der Waals surface area contributed by atoms with Crippen molar-refractivity contribution in [2.24, 2.45) is 11.8 Å². The summed E-state index contributed by atoms with van der Waals surface area (Å²) in [6.07, 6.45) is 3.86. The maximum Gasteiger partial charge on any atom is 0.240 e. The Hall–Kier alpha value is -3.51. The van der Waals surface area contributed by atoms with Crippen molar-refractivity contribution < 1.29 is 14.4 Å². The minimum Gasteiger partial charge on any atom is -0.358 e. The molecule has 2 fully saturated rings. The average Bonchev–Trinajstić information content (AvgIpc) is 3.52. The first-order valence-corrected chi connectivity index (χ1v) is 11.9. The second-order valence-corrected chi connectivity index (χ2v) is 9.85. The molecule has 164 valence electrons. The molecular formula is C27H22N2O3S. The van der Waals surface area contributed by atoms with Crippen LogP contribution in [0.2, 0.25) is 0 Å². The Morgan fingerprint density at radius 1 is 0.909 bits per heavy atom. The van der Waals surface area contributed by atoms with Gasteiger partial charge in [0.2, 0.25) is 11.8 Å². The number of amides is 2. The SMILES string of the molecule is Cc1cccc(N2C(=O)[C@@H]3[C@H](C2=O)[C@H]2c4ccccc4C=CN2[C@H]3C(=O)c2cccs2)c1C. The summed E-state index contributed by atoms with van der Waals surface area (Å²) in [5.41, 5.74) is 4.55. The van der Waals surface area contributed by atoms with Crippen molar-refractivity contribution in [3.05, 3.63) is 93.3 Å². The summed E-state index contributed by atoms with van der Waals surface area (Å²) in [4.78, 5) is 45.4. The molecule has 0 unspecified atom stereocenters. The van der Waals surface area contributed by atoms with E-state index in [0.29, 0.717) is 10.6 Å². The number of fused-ring (bicyclic) bond motifs is 5. The molecule has 3 aliphatic rings. The molecule has 2 amide bonds. The van der Waals surface area contributed by atoms with E-state index in [1.54, 1.807) is 6.07 Å². The van der Waals surface area contributed by atoms with E-state index in [0.717, 1.165) is 22.3 Å². The molecule has 0 saturated carbocycles. The molecule has 2 aromatic carbocycles. The van der Waals surface area contributed by atoms with Crippen LogP contribution in [-0.2, 0) is 9.59 Å². The van der Waals surface area contributed by atoms with E-state index in [2.05, 4.69) is 0 Å². The second kappa shape index (κ2) is 7.25. The van der Waals surface area contributed by atoms with Gasteiger partial charge in [0, 0.05) is 6.20 Å². The first kappa shape index (κ1) is 20.1. The smallest absolute Gasteiger partial charge is 0.240 e. The van der Waals surface area contributed by atoms with Crippen LogP contribution in [0.3, 0.4) is 0 Å². The van der Waals surface area contributed by atoms with Crippen LogP contribution in [0.4, 0.5) is 5.69 Å². The Kier molecular flexibility index (Phi) is 4.42. The van der Waals surface area contributed by atoms with Crippen LogP contribution in [0.25, 0.3) is 6.08 Å². The number of ketones is 1. The topological polar surface area (TPSA) is 57.7 Å². The van der Waals surface area contributed by atoms with Gasteiger partial charge in [-0.25, -0.2) is 4.90 Å². The number of hydrogen-bond acceptors (Lipinski definition) is 5. The standard InChI is InChI=1S/C27H22N2O3S/c1-15-7-5-10-19(16(15)2)29-26(31)21-22(27(29)32)24(25(30)20-11-6-14-33-20)28-13-12-17-8-3-4-9-18(17)23(21)28/h3-14,21-24H,1-2H3/t21-,22+,23+,24+/m0/s1. The van der Waals surface area contributed by atoms with E-state index in [9.17, 15) is 14.4 Å². The minimum absolute atomic E-state index is 0.101. The van der Waals surface area contributed by atoms with E-state index in [4.69, 9.17) is 0 Å². The fraction of sp³-hybridized carbons (Fsp3) is 0.222. The number of rotatable bonds is 3. The van der Waals surface area contributed by atoms with Crippen molar-refractivity contribution in [3.63, 3.8) is 0 Å². The van der Waals surface area contributed by atoms with Crippen molar-refractivity contribution >= 4 is 40.7 Å². The Morgan fingerprint density at radius 2 is 1.70 bits per heavy atom. The van der Waals surface area contributed by atoms with Crippen LogP contribution >= 0.6 is 11.3 Å². The minimum atomic E-state index is -0.729. The van der Waals surface area contributed by atoms with Crippen molar-refractivity contribution in [2.45, 2.75) is 25.9 Å². The largest absolute Gasteiger partial charge is 0.358 e. The highest BCUT2D eigenvalue weighted by molar-refractivity contribution is 7.12. The summed E-state index contributed by atoms with van der Waals surface area (Å²) >= 11 is 1.37. The van der Waals surface area contributed by atoms with Gasteiger partial charge in [-0.3, -0.25) is 14.4 Å². The van der Waals surface area contributed by atoms with E-state index in [-0.39, 0.29) is 23.6 Å². The van der Waals surface area contributed by atoms with Crippen LogP contribution in [0.15, 0.2) is 66.2 Å². The third-order valence-corrected chi connectivity index (χ3v) is 8.20. The molecule has 5 nitrogen and oxygen atoms in total. The molecule has 1 aromatic heterocycles. The maximum atomic E-state index is 13.9. The van der Waals surface area contributed by atoms with Crippen molar-refractivity contribution in [3.8, 4) is 0 Å². The zero-order valence-electron chi connectivity index (χ0n) is 18.3. The number of nitrogens with zero attached hydrogens (tertiary/aromatic N) is 2. The van der Waals surface area contributed by atoms with Gasteiger partial charge >= 0.3 is 0 Å². The number of carbonyl (C=O) groups is 3. The summed E-state index contributed by atoms with van der Waals surface area (Å²) in [7, 11) is 0. The lowest BCUT2D eigenvalue weighted by Gasteiger charge is -2.35. The number of anilines is 1. The van der Waals surface area contributed by atoms with Crippen LogP contribution in [-0.4, -0.2) is 28.5 Å². The van der Waals surface area contributed by atoms with Gasteiger partial charge in [0.15, 0.2) is 5.78 Å². The predicted octanol–water partition coefficient (Wildman–Crippen LogP) is 4.76. The first-order chi connectivity index (χ1) is 16.0. The summed E-state index contributed by atoms with van der Waals surface area (Å²) in [6, 6.07) is 16.2. The summed E-state index contributed by atoms with van der Waals surface area (Å²) in [5, 5.41) is 1.86. The first-order valence-electron chi connectivity index (χ1n) is 11.1. The number of imide groups is 1. The summed E-state index contributed by atoms with van der Waals surface area (Å²) in [5.74, 6) is -1.95. The molecule has 33 heavy (non-hydrogen) atoms. The van der Waals surface area contributed by atoms with Crippen molar-refractivity contribution in [1.82, 2.24) is 4.90 Å². The van der Waals surface area contributed by atoms with Gasteiger partial charge in [0.1, 0.15) is 6.04 Å². The lowest BCUT2D eigenvalue weighted by molar-refractivity contribution is -0.123. The molecule has 4 heterocycles. The van der Waals surface area contributed by atoms with Crippen LogP contribution in [0.5, 0.6) is 0 Å². The van der Waals surface area contributed by atoms with E-state index >= 15 is 0 Å². The van der Waals surface area contributed by atoms with Gasteiger partial charge in [-0.05, 0) is 59.7 Å². The van der Waals surface area contributed by atoms with E-state index < -0.39 is 17.9 Å². The number of aryl methyl sites for hydroxylation is 1. The number of benzene rings is 2. The molecule has 0 N–H and O–H groups in total. The highest BCUT2D eigenvalue weighted by Gasteiger charge is 2.64. The third kappa shape index (κ3) is 2.74. The van der Waals surface area contributed by atoms with Gasteiger partial charge in [0.25, 0.3) is 0 Å². The fourth-order valence-corrected chi connectivity index (χ4v) is 6.33. The summed E-state index contributed by atoms with van der Waals surface area (Å²) in [6.45, 7) is 3.90. The van der Waals surface area contributed by atoms with Crippen LogP contribution in [0.1, 0.15) is 38.0 Å². The zero-order chi connectivity index (χ0) is 22.9. The lowest BCUT2D eigenvalue weighted by Crippen LogP contribution is -2.44. The Bertz CT molecular complexity index is 1340. The number of Topliss-reactive ketones (excluding diaryl/α,β-unsaturated/α-hetero) is 1. The number of carbonyl (C=O) groups excluding carboxylic acids is 3. The monoisotopic (exact) mass is 454 g/mol. The molecule has 2 saturated heterocycles. The molecular weight excluding hydrogens is 432 g/mol. The molecule has 0 bridgehead atoms. The maximum absolute atomic E-state index is 13.9. The zero-order valence-corrected chi connectivity index (χ0v) is 19.1. The van der Waals surface area contributed by atoms with Crippen LogP contribution in [0, 0.1) is 25.7 Å². The normalized spacial score (nSPS) is 25.3. The third-order valence-electron chi connectivity index (χ3n) is 7.31. The molecule has 4 atom stereocenters. The Balaban J connectivity index is 1.52. The fourth-order valence-electron chi connectivity index (χ4n) is 5.64. The van der Waals surface area contributed by atoms with Crippen LogP contribution < -0.4 is 4.90 Å². The predicted molar refractivity (Wildman–Crippen MR) is 128 cm³/mol. The van der Waals surface area contributed by atoms with Crippen molar-refractivity contribution in [1.29, 1.82) is 0 Å². The van der Waals surface area contributed by atoms with E-state index in [1.807, 2.05) is 84.9 Å². The molecule has 0 spiro atoms. The van der Waals surface area contributed by atoms with Gasteiger partial charge in [-0.1, -0.05) is 42.5 Å². The van der Waals surface area contributed by atoms with E-state index in [1.165, 1.54) is 16.2 Å². The average molecular weight is 455 g/mol. The molecule has 3 aliphatic heterocycles. The Morgan fingerprint density at radius 3 is 2.48 bits per heavy atom. The van der Waals surface area contributed by atoms with Gasteiger partial charge in [-0.15, -0.1) is 11.3 Å². The number of hydrogen-bond donors (Lipinski definition) is 0. The van der Waals surface area contributed by atoms with Crippen molar-refractivity contribution in [2.75, 3.05) is 4.90 Å². The highest BCUT2D eigenvalue weighted by Crippen LogP contribution is 2.54. The van der Waals surface area contributed by atoms with Gasteiger partial charge in [-0.2, -0.15) is 0 Å². The highest BCUT2D eigenvalue weighted by atomic mass is 32.1. The summed E-state index contributed by atoms with van der Waals surface area (Å²) < 4.78 is 0. The molecule has 3 aromatic rings.